The maximum atomic E-state index is 5.78. The molecule has 1 fully saturated rings. The molecule has 1 saturated heterocycles. The Morgan fingerprint density at radius 3 is 2.89 bits per heavy atom. The van der Waals surface area contributed by atoms with Crippen molar-refractivity contribution in [3.63, 3.8) is 0 Å². The highest BCUT2D eigenvalue weighted by molar-refractivity contribution is 5.44. The van der Waals surface area contributed by atoms with Gasteiger partial charge in [-0.25, -0.2) is 0 Å². The van der Waals surface area contributed by atoms with E-state index in [4.69, 9.17) is 4.74 Å². The molecule has 1 aromatic rings. The summed E-state index contributed by atoms with van der Waals surface area (Å²) in [5.74, 6) is 0. The van der Waals surface area contributed by atoms with Crippen molar-refractivity contribution in [2.45, 2.75) is 38.3 Å². The van der Waals surface area contributed by atoms with Gasteiger partial charge >= 0.3 is 0 Å². The first-order chi connectivity index (χ1) is 9.20. The Balaban J connectivity index is 1.93. The van der Waals surface area contributed by atoms with Gasteiger partial charge in [-0.1, -0.05) is 0 Å². The third kappa shape index (κ3) is 3.91. The largest absolute Gasteiger partial charge is 0.376 e. The van der Waals surface area contributed by atoms with Crippen molar-refractivity contribution < 1.29 is 4.74 Å². The van der Waals surface area contributed by atoms with Gasteiger partial charge in [-0.15, -0.1) is 0 Å². The monoisotopic (exact) mass is 263 g/mol. The summed E-state index contributed by atoms with van der Waals surface area (Å²) in [6, 6.07) is 4.52. The van der Waals surface area contributed by atoms with E-state index in [1.165, 1.54) is 19.3 Å². The molecule has 0 aromatic carbocycles. The van der Waals surface area contributed by atoms with Crippen LogP contribution in [0, 0.1) is 0 Å². The standard InChI is InChI=1S/C15H25N3O/c1-12(16-2)15-8-7-13(10-17-15)18(3)11-14-6-4-5-9-19-14/h7-8,10,12,14,16H,4-6,9,11H2,1-3H3. The fraction of sp³-hybridized carbons (Fsp3) is 0.667. The van der Waals surface area contributed by atoms with Gasteiger partial charge in [0, 0.05) is 26.2 Å². The second-order valence-corrected chi connectivity index (χ2v) is 5.32. The molecule has 106 valence electrons. The van der Waals surface area contributed by atoms with E-state index in [-0.39, 0.29) is 0 Å². The summed E-state index contributed by atoms with van der Waals surface area (Å²) in [6.45, 7) is 3.97. The van der Waals surface area contributed by atoms with Gasteiger partial charge in [0.25, 0.3) is 0 Å². The third-order valence-corrected chi connectivity index (χ3v) is 3.84. The number of nitrogens with one attached hydrogen (secondary N) is 1. The van der Waals surface area contributed by atoms with E-state index >= 15 is 0 Å². The molecule has 1 aliphatic rings. The van der Waals surface area contributed by atoms with Crippen LogP contribution in [0.3, 0.4) is 0 Å². The van der Waals surface area contributed by atoms with Gasteiger partial charge in [-0.05, 0) is 45.4 Å². The predicted molar refractivity (Wildman–Crippen MR) is 78.6 cm³/mol. The minimum absolute atomic E-state index is 0.293. The molecule has 4 nitrogen and oxygen atoms in total. The summed E-state index contributed by atoms with van der Waals surface area (Å²) in [4.78, 5) is 6.75. The lowest BCUT2D eigenvalue weighted by Gasteiger charge is -2.28. The smallest absolute Gasteiger partial charge is 0.0749 e. The topological polar surface area (TPSA) is 37.4 Å². The average Bonchev–Trinajstić information content (AvgIpc) is 2.47. The number of hydrogen-bond acceptors (Lipinski definition) is 4. The number of aromatic nitrogens is 1. The van der Waals surface area contributed by atoms with Crippen LogP contribution < -0.4 is 10.2 Å². The minimum Gasteiger partial charge on any atom is -0.376 e. The summed E-state index contributed by atoms with van der Waals surface area (Å²) < 4.78 is 5.78. The van der Waals surface area contributed by atoms with E-state index in [1.807, 2.05) is 13.2 Å². The highest BCUT2D eigenvalue weighted by Crippen LogP contribution is 2.18. The van der Waals surface area contributed by atoms with Gasteiger partial charge in [-0.2, -0.15) is 0 Å². The van der Waals surface area contributed by atoms with Gasteiger partial charge in [0.2, 0.25) is 0 Å². The maximum Gasteiger partial charge on any atom is 0.0749 e. The normalized spacial score (nSPS) is 21.1. The summed E-state index contributed by atoms with van der Waals surface area (Å²) >= 11 is 0. The summed E-state index contributed by atoms with van der Waals surface area (Å²) in [7, 11) is 4.06. The number of pyridine rings is 1. The van der Waals surface area contributed by atoms with Crippen LogP contribution >= 0.6 is 0 Å². The highest BCUT2D eigenvalue weighted by atomic mass is 16.5. The molecule has 0 saturated carbocycles. The minimum atomic E-state index is 0.293. The quantitative estimate of drug-likeness (QED) is 0.885. The Kier molecular flexibility index (Phi) is 5.16. The lowest BCUT2D eigenvalue weighted by atomic mass is 10.1. The Morgan fingerprint density at radius 2 is 2.32 bits per heavy atom. The molecule has 19 heavy (non-hydrogen) atoms. The number of anilines is 1. The number of hydrogen-bond donors (Lipinski definition) is 1. The van der Waals surface area contributed by atoms with Crippen LogP contribution in [-0.2, 0) is 4.74 Å². The van der Waals surface area contributed by atoms with Crippen LogP contribution in [0.2, 0.25) is 0 Å². The Labute approximate surface area is 116 Å². The molecule has 2 unspecified atom stereocenters. The van der Waals surface area contributed by atoms with Crippen LogP contribution in [0.5, 0.6) is 0 Å². The van der Waals surface area contributed by atoms with Crippen molar-refractivity contribution in [2.75, 3.05) is 32.1 Å². The molecule has 1 aliphatic heterocycles. The summed E-state index contributed by atoms with van der Waals surface area (Å²) in [5, 5.41) is 3.20. The molecular weight excluding hydrogens is 238 g/mol. The second-order valence-electron chi connectivity index (χ2n) is 5.32. The first kappa shape index (κ1) is 14.3. The van der Waals surface area contributed by atoms with Gasteiger partial charge in [0.15, 0.2) is 0 Å². The molecule has 0 bridgehead atoms. The Bertz CT molecular complexity index is 373. The molecule has 2 atom stereocenters. The van der Waals surface area contributed by atoms with E-state index in [0.29, 0.717) is 12.1 Å². The molecular formula is C15H25N3O. The molecule has 0 aliphatic carbocycles. The number of ether oxygens (including phenoxy) is 1. The second kappa shape index (κ2) is 6.87. The van der Waals surface area contributed by atoms with Crippen molar-refractivity contribution in [1.82, 2.24) is 10.3 Å². The van der Waals surface area contributed by atoms with E-state index in [1.54, 1.807) is 0 Å². The molecule has 0 spiro atoms. The van der Waals surface area contributed by atoms with Crippen molar-refractivity contribution in [2.24, 2.45) is 0 Å². The lowest BCUT2D eigenvalue weighted by Crippen LogP contribution is -2.33. The van der Waals surface area contributed by atoms with Gasteiger partial charge in [-0.3, -0.25) is 4.98 Å². The van der Waals surface area contributed by atoms with Crippen LogP contribution in [0.1, 0.15) is 37.9 Å². The van der Waals surface area contributed by atoms with Crippen LogP contribution in [0.4, 0.5) is 5.69 Å². The molecule has 0 amide bonds. The predicted octanol–water partition coefficient (Wildman–Crippen LogP) is 2.37. The van der Waals surface area contributed by atoms with Crippen LogP contribution in [0.25, 0.3) is 0 Å². The van der Waals surface area contributed by atoms with E-state index in [0.717, 1.165) is 24.5 Å². The van der Waals surface area contributed by atoms with Gasteiger partial charge in [0.1, 0.15) is 0 Å². The average molecular weight is 263 g/mol. The zero-order valence-corrected chi connectivity index (χ0v) is 12.2. The number of rotatable bonds is 5. The summed E-state index contributed by atoms with van der Waals surface area (Å²) in [6.07, 6.45) is 5.99. The fourth-order valence-electron chi connectivity index (χ4n) is 2.39. The van der Waals surface area contributed by atoms with Crippen LogP contribution in [0.15, 0.2) is 18.3 Å². The zero-order valence-electron chi connectivity index (χ0n) is 12.2. The zero-order chi connectivity index (χ0) is 13.7. The SMILES string of the molecule is CNC(C)c1ccc(N(C)CC2CCCCO2)cn1. The maximum absolute atomic E-state index is 5.78. The first-order valence-electron chi connectivity index (χ1n) is 7.16. The molecule has 2 rings (SSSR count). The van der Waals surface area contributed by atoms with E-state index in [9.17, 15) is 0 Å². The van der Waals surface area contributed by atoms with Gasteiger partial charge in [0.05, 0.1) is 23.7 Å². The van der Waals surface area contributed by atoms with Gasteiger partial charge < -0.3 is 15.0 Å². The molecule has 4 heteroatoms. The lowest BCUT2D eigenvalue weighted by molar-refractivity contribution is 0.0216. The van der Waals surface area contributed by atoms with Crippen molar-refractivity contribution in [3.8, 4) is 0 Å². The van der Waals surface area contributed by atoms with Crippen LogP contribution in [-0.4, -0.2) is 38.3 Å². The Morgan fingerprint density at radius 1 is 1.47 bits per heavy atom. The van der Waals surface area contributed by atoms with E-state index in [2.05, 4.69) is 41.3 Å². The fourth-order valence-corrected chi connectivity index (χ4v) is 2.39. The van der Waals surface area contributed by atoms with Crippen molar-refractivity contribution in [1.29, 1.82) is 0 Å². The van der Waals surface area contributed by atoms with Crippen molar-refractivity contribution >= 4 is 5.69 Å². The van der Waals surface area contributed by atoms with Crippen molar-refractivity contribution in [3.05, 3.63) is 24.0 Å². The summed E-state index contributed by atoms with van der Waals surface area (Å²) in [5.41, 5.74) is 2.23. The number of likely N-dealkylation sites (N-methyl/N-ethyl adjacent to an activating group) is 1. The molecule has 2 heterocycles. The third-order valence-electron chi connectivity index (χ3n) is 3.84. The Hall–Kier alpha value is -1.13. The molecule has 1 aromatic heterocycles. The highest BCUT2D eigenvalue weighted by Gasteiger charge is 2.16. The molecule has 0 radical (unpaired) electrons. The van der Waals surface area contributed by atoms with E-state index < -0.39 is 0 Å². The molecule has 1 N–H and O–H groups in total. The first-order valence-corrected chi connectivity index (χ1v) is 7.16. The number of nitrogens with zero attached hydrogens (tertiary/aromatic N) is 2.